The van der Waals surface area contributed by atoms with E-state index >= 15 is 14.4 Å². The smallest absolute Gasteiger partial charge is 0.303 e. The first-order chi connectivity index (χ1) is 51.2. The number of nitrogens with one attached hydrogen (secondary N) is 13. The minimum absolute atomic E-state index is 0.00727. The fraction of sp³-hybridized carbons (Fsp3) is 0.486. The summed E-state index contributed by atoms with van der Waals surface area (Å²) in [7, 11) is 1.72. The summed E-state index contributed by atoms with van der Waals surface area (Å²) in [6, 6.07) is 5.67. The van der Waals surface area contributed by atoms with Gasteiger partial charge in [0.2, 0.25) is 76.8 Å². The van der Waals surface area contributed by atoms with E-state index in [0.29, 0.717) is 54.1 Å². The SMILES string of the molecule is N#Cc1ccccc1C[C@@H]1NC(=O)[C@H](C2CCCC2)NC(=O)[C@@H](NC(=O)[C@H](Cc2ccc(O)cc2)NC(=O)[C@@H]2CCCN2C(=O)CCN)CSSC[C@H](C(N)=O)NC(=O)[C@H](CCC(=O)O)NC(=O)[C@H](Cc2c[nH]c3ccccc23)NC(=O)[C@H](CCC(N)=O)NC(=O)CCNC(=O)[C@H](CCCNC(=N)N)NC1=O. The number of hydrogen-bond donors (Lipinski definition) is 19. The summed E-state index contributed by atoms with van der Waals surface area (Å²) >= 11 is 0. The van der Waals surface area contributed by atoms with Gasteiger partial charge in [0.05, 0.1) is 11.6 Å². The highest BCUT2D eigenvalue weighted by Gasteiger charge is 2.41. The quantitative estimate of drug-likeness (QED) is 0.0149. The molecule has 3 aromatic carbocycles. The number of carboxylic acids is 1. The van der Waals surface area contributed by atoms with Gasteiger partial charge in [0.1, 0.15) is 66.2 Å². The number of nitrogens with zero attached hydrogens (tertiary/aromatic N) is 2. The number of fused-ring (bicyclic) bond motifs is 1. The molecule has 0 spiro atoms. The Morgan fingerprint density at radius 1 is 0.673 bits per heavy atom. The van der Waals surface area contributed by atoms with Crippen LogP contribution in [0.5, 0.6) is 5.75 Å². The van der Waals surface area contributed by atoms with Crippen molar-refractivity contribution in [3.05, 3.63) is 101 Å². The molecule has 1 aromatic heterocycles. The molecule has 0 radical (unpaired) electrons. The Balaban J connectivity index is 1.29. The van der Waals surface area contributed by atoms with E-state index in [4.69, 9.17) is 28.3 Å². The number of phenolic OH excluding ortho intramolecular Hbond substituents is 1. The maximum atomic E-state index is 15.3. The molecule has 576 valence electrons. The monoisotopic (exact) mass is 1520 g/mol. The van der Waals surface area contributed by atoms with Crippen LogP contribution in [0, 0.1) is 22.7 Å². The summed E-state index contributed by atoms with van der Waals surface area (Å²) < 4.78 is 0. The molecule has 23 N–H and O–H groups in total. The zero-order valence-corrected chi connectivity index (χ0v) is 60.4. The molecule has 1 saturated carbocycles. The van der Waals surface area contributed by atoms with Gasteiger partial charge in [-0.25, -0.2) is 0 Å². The zero-order valence-electron chi connectivity index (χ0n) is 58.8. The highest BCUT2D eigenvalue weighted by molar-refractivity contribution is 8.76. The molecular weight excluding hydrogens is 1430 g/mol. The lowest BCUT2D eigenvalue weighted by Gasteiger charge is -2.30. The second-order valence-electron chi connectivity index (χ2n) is 26.2. The largest absolute Gasteiger partial charge is 0.508 e. The summed E-state index contributed by atoms with van der Waals surface area (Å²) in [6.07, 6.45) is 0.480. The van der Waals surface area contributed by atoms with Gasteiger partial charge in [-0.3, -0.25) is 72.5 Å². The number of amides is 13. The molecule has 7 rings (SSSR count). The summed E-state index contributed by atoms with van der Waals surface area (Å²) in [5.74, 6) is -15.1. The number of H-pyrrole nitrogens is 1. The number of rotatable bonds is 24. The number of hydrogen-bond acceptors (Lipinski definition) is 20. The van der Waals surface area contributed by atoms with Gasteiger partial charge < -0.3 is 102 Å². The van der Waals surface area contributed by atoms with E-state index in [-0.39, 0.29) is 87.4 Å². The molecule has 0 bridgehead atoms. The van der Waals surface area contributed by atoms with Crippen LogP contribution in [0.15, 0.2) is 79.0 Å². The van der Waals surface area contributed by atoms with E-state index in [2.05, 4.69) is 69.5 Å². The number of carbonyl (C=O) groups excluding carboxylic acids is 13. The second kappa shape index (κ2) is 41.6. The lowest BCUT2D eigenvalue weighted by atomic mass is 9.95. The van der Waals surface area contributed by atoms with Crippen molar-refractivity contribution in [1.82, 2.24) is 68.4 Å². The molecule has 2 aliphatic heterocycles. The summed E-state index contributed by atoms with van der Waals surface area (Å²) in [6.45, 7) is -0.172. The number of aromatic amines is 1. The molecule has 3 fully saturated rings. The number of benzene rings is 3. The lowest BCUT2D eigenvalue weighted by Crippen LogP contribution is -2.61. The van der Waals surface area contributed by atoms with Gasteiger partial charge in [-0.2, -0.15) is 5.26 Å². The zero-order chi connectivity index (χ0) is 77.7. The Morgan fingerprint density at radius 2 is 1.29 bits per heavy atom. The first kappa shape index (κ1) is 83.3. The minimum atomic E-state index is -1.75. The molecule has 10 atom stereocenters. The van der Waals surface area contributed by atoms with Crippen LogP contribution < -0.4 is 81.4 Å². The molecule has 2 saturated heterocycles. The van der Waals surface area contributed by atoms with Gasteiger partial charge >= 0.3 is 5.97 Å². The standard InChI is InChI=1S/C70H93N19O16S2/c71-27-25-57(93)89-30-8-16-54(89)68(104)84-49(31-38-17-19-43(90)20-18-38)64(100)87-53-37-107-106-36-52(60(74)96)86-63(99)48(22-24-58(94)95)82-66(102)51(33-42-35-79-45-14-6-5-13-44(42)45)83-62(98)47(21-23-55(73)91)80-56(92)26-29-77-61(97)46(15-7-28-78-70(75)76)81-65(101)50(32-40-11-3-4-12-41(40)34-72)85-69(105)59(88-67(53)103)39-9-1-2-10-39/h3-6,11-14,17-20,35,39,46-54,59,79,90H,1-2,7-10,15-16,21-33,36-37,71H2,(H2,73,91)(H2,74,96)(H,77,97)(H,80,92)(H,81,101)(H,82,102)(H,83,98)(H,84,104)(H,85,105)(H,86,99)(H,87,100)(H,88,103)(H,94,95)(H4,75,76,78)/t46-,47-,48-,49-,50-,51-,52+,53-,54-,59-/m0/s1. The van der Waals surface area contributed by atoms with Gasteiger partial charge in [-0.1, -0.05) is 83.0 Å². The van der Waals surface area contributed by atoms with Crippen molar-refractivity contribution >= 4 is 121 Å². The number of para-hydroxylation sites is 1. The van der Waals surface area contributed by atoms with E-state index in [0.717, 1.165) is 21.6 Å². The van der Waals surface area contributed by atoms with Crippen LogP contribution in [0.3, 0.4) is 0 Å². The van der Waals surface area contributed by atoms with Gasteiger partial charge in [-0.05, 0) is 98.2 Å². The van der Waals surface area contributed by atoms with Crippen molar-refractivity contribution in [2.45, 2.75) is 170 Å². The van der Waals surface area contributed by atoms with Crippen molar-refractivity contribution in [3.8, 4) is 11.8 Å². The fourth-order valence-electron chi connectivity index (χ4n) is 12.7. The van der Waals surface area contributed by atoms with E-state index in [1.54, 1.807) is 48.7 Å². The topological polar surface area (TPSA) is 583 Å². The number of primary amides is 2. The van der Waals surface area contributed by atoms with E-state index < -0.39 is 199 Å². The number of nitriles is 1. The third kappa shape index (κ3) is 25.9. The maximum absolute atomic E-state index is 15.3. The molecule has 4 aromatic rings. The van der Waals surface area contributed by atoms with Crippen LogP contribution in [0.25, 0.3) is 10.9 Å². The molecule has 35 nitrogen and oxygen atoms in total. The number of aromatic nitrogens is 1. The molecule has 3 heterocycles. The molecule has 37 heteroatoms. The molecular formula is C70H93N19O16S2. The molecule has 3 aliphatic rings. The van der Waals surface area contributed by atoms with E-state index in [1.165, 1.54) is 35.2 Å². The lowest BCUT2D eigenvalue weighted by molar-refractivity contribution is -0.139. The Kier molecular flexibility index (Phi) is 32.4. The van der Waals surface area contributed by atoms with Crippen molar-refractivity contribution in [2.24, 2.45) is 28.9 Å². The first-order valence-corrected chi connectivity index (χ1v) is 37.6. The van der Waals surface area contributed by atoms with Crippen LogP contribution in [-0.2, 0) is 86.4 Å². The number of aromatic hydroxyl groups is 1. The first-order valence-electron chi connectivity index (χ1n) is 35.1. The van der Waals surface area contributed by atoms with Crippen LogP contribution in [0.4, 0.5) is 0 Å². The summed E-state index contributed by atoms with van der Waals surface area (Å²) in [4.78, 5) is 202. The van der Waals surface area contributed by atoms with Crippen molar-refractivity contribution in [1.29, 1.82) is 10.7 Å². The Bertz CT molecular complexity index is 3930. The van der Waals surface area contributed by atoms with Gasteiger partial charge in [0.15, 0.2) is 5.96 Å². The average Bonchev–Trinajstić information content (AvgIpc) is 1.70. The van der Waals surface area contributed by atoms with Gasteiger partial charge in [0.25, 0.3) is 0 Å². The average molecular weight is 1520 g/mol. The molecule has 1 aliphatic carbocycles. The van der Waals surface area contributed by atoms with Crippen molar-refractivity contribution in [2.75, 3.05) is 37.7 Å². The number of carbonyl (C=O) groups is 14. The summed E-state index contributed by atoms with van der Waals surface area (Å²) in [5, 5.41) is 67.6. The highest BCUT2D eigenvalue weighted by atomic mass is 33.1. The predicted molar refractivity (Wildman–Crippen MR) is 393 cm³/mol. The Hall–Kier alpha value is -11.0. The fourth-order valence-corrected chi connectivity index (χ4v) is 15.0. The van der Waals surface area contributed by atoms with Crippen LogP contribution in [-0.4, -0.2) is 207 Å². The maximum Gasteiger partial charge on any atom is 0.303 e. The van der Waals surface area contributed by atoms with Crippen molar-refractivity contribution < 1.29 is 77.3 Å². The molecule has 107 heavy (non-hydrogen) atoms. The minimum Gasteiger partial charge on any atom is -0.508 e. The van der Waals surface area contributed by atoms with Crippen molar-refractivity contribution in [3.63, 3.8) is 0 Å². The predicted octanol–water partition coefficient (Wildman–Crippen LogP) is -2.55. The highest BCUT2D eigenvalue weighted by Crippen LogP contribution is 2.30. The third-order valence-corrected chi connectivity index (χ3v) is 20.8. The number of phenols is 1. The van der Waals surface area contributed by atoms with Gasteiger partial charge in [0, 0.05) is 99.7 Å². The second-order valence-corrected chi connectivity index (χ2v) is 28.8. The number of aliphatic carboxylic acids is 1. The third-order valence-electron chi connectivity index (χ3n) is 18.3. The Morgan fingerprint density at radius 3 is 1.96 bits per heavy atom. The number of nitrogens with two attached hydrogens (primary N) is 4. The van der Waals surface area contributed by atoms with E-state index in [1.807, 2.05) is 0 Å². The molecule has 13 amide bonds. The van der Waals surface area contributed by atoms with Crippen LogP contribution in [0.2, 0.25) is 0 Å². The Labute approximate surface area is 623 Å². The van der Waals surface area contributed by atoms with E-state index in [9.17, 15) is 68.2 Å². The summed E-state index contributed by atoms with van der Waals surface area (Å²) in [5.41, 5.74) is 24.6. The van der Waals surface area contributed by atoms with Gasteiger partial charge in [-0.15, -0.1) is 0 Å². The normalized spacial score (nSPS) is 22.7. The van der Waals surface area contributed by atoms with Crippen LogP contribution in [0.1, 0.15) is 112 Å². The number of guanidine groups is 1. The molecule has 0 unspecified atom stereocenters. The number of carboxylic acid groups (broad SMARTS) is 1. The number of likely N-dealkylation sites (tertiary alicyclic amines) is 1. The van der Waals surface area contributed by atoms with Crippen LogP contribution >= 0.6 is 21.6 Å².